The Morgan fingerprint density at radius 2 is 1.65 bits per heavy atom. The summed E-state index contributed by atoms with van der Waals surface area (Å²) in [6.45, 7) is 1.85. The van der Waals surface area contributed by atoms with Crippen LogP contribution >= 0.6 is 0 Å². The van der Waals surface area contributed by atoms with Gasteiger partial charge in [0.1, 0.15) is 11.5 Å². The van der Waals surface area contributed by atoms with Crippen molar-refractivity contribution in [3.05, 3.63) is 23.3 Å². The third-order valence-electron chi connectivity index (χ3n) is 2.33. The van der Waals surface area contributed by atoms with Crippen molar-refractivity contribution in [1.82, 2.24) is 0 Å². The highest BCUT2D eigenvalue weighted by Crippen LogP contribution is 2.30. The van der Waals surface area contributed by atoms with Crippen LogP contribution in [0.1, 0.15) is 11.1 Å². The highest BCUT2D eigenvalue weighted by atomic mass is 16.5. The predicted molar refractivity (Wildman–Crippen MR) is 60.6 cm³/mol. The smallest absolute Gasteiger partial charge is 0.372 e. The van der Waals surface area contributed by atoms with E-state index in [1.807, 2.05) is 6.92 Å². The maximum Gasteiger partial charge on any atom is 0.372 e. The van der Waals surface area contributed by atoms with Crippen LogP contribution in [0.25, 0.3) is 0 Å². The van der Waals surface area contributed by atoms with Crippen molar-refractivity contribution in [2.45, 2.75) is 13.3 Å². The summed E-state index contributed by atoms with van der Waals surface area (Å²) in [5, 5.41) is 8.59. The molecule has 0 aliphatic rings. The van der Waals surface area contributed by atoms with E-state index in [0.29, 0.717) is 17.1 Å². The van der Waals surface area contributed by atoms with Crippen LogP contribution in [-0.2, 0) is 16.0 Å². The molecule has 0 atom stereocenters. The maximum absolute atomic E-state index is 11.2. The number of ether oxygens (including phenoxy) is 2. The lowest BCUT2D eigenvalue weighted by molar-refractivity contribution is -0.148. The number of methoxy groups -OCH3 is 2. The average Bonchev–Trinajstić information content (AvgIpc) is 2.30. The molecule has 0 aliphatic carbocycles. The fraction of sp³-hybridized carbons (Fsp3) is 0.333. The molecule has 0 unspecified atom stereocenters. The summed E-state index contributed by atoms with van der Waals surface area (Å²) in [7, 11) is 2.92. The van der Waals surface area contributed by atoms with Crippen LogP contribution in [0.15, 0.2) is 12.1 Å². The molecule has 0 radical (unpaired) electrons. The Morgan fingerprint density at radius 1 is 1.18 bits per heavy atom. The van der Waals surface area contributed by atoms with Crippen LogP contribution in [0.5, 0.6) is 11.5 Å². The highest BCUT2D eigenvalue weighted by molar-refractivity contribution is 6.33. The zero-order chi connectivity index (χ0) is 13.0. The number of rotatable bonds is 5. The van der Waals surface area contributed by atoms with Gasteiger partial charge in [-0.25, -0.2) is 4.79 Å². The first-order valence-corrected chi connectivity index (χ1v) is 4.97. The first-order chi connectivity index (χ1) is 7.99. The Kier molecular flexibility index (Phi) is 4.09. The second kappa shape index (κ2) is 5.34. The fourth-order valence-electron chi connectivity index (χ4n) is 1.53. The molecule has 1 aromatic carbocycles. The van der Waals surface area contributed by atoms with E-state index in [9.17, 15) is 9.59 Å². The van der Waals surface area contributed by atoms with Crippen molar-refractivity contribution in [3.8, 4) is 11.5 Å². The van der Waals surface area contributed by atoms with Gasteiger partial charge in [-0.3, -0.25) is 4.79 Å². The summed E-state index contributed by atoms with van der Waals surface area (Å²) >= 11 is 0. The van der Waals surface area contributed by atoms with Gasteiger partial charge in [0, 0.05) is 5.56 Å². The molecular weight excluding hydrogens is 224 g/mol. The van der Waals surface area contributed by atoms with Crippen molar-refractivity contribution in [1.29, 1.82) is 0 Å². The van der Waals surface area contributed by atoms with Crippen LogP contribution in [0, 0.1) is 6.92 Å². The van der Waals surface area contributed by atoms with Gasteiger partial charge in [0.2, 0.25) is 5.78 Å². The second-order valence-electron chi connectivity index (χ2n) is 3.55. The van der Waals surface area contributed by atoms with Crippen LogP contribution in [-0.4, -0.2) is 31.1 Å². The molecular formula is C12H14O5. The van der Waals surface area contributed by atoms with Crippen LogP contribution in [0.3, 0.4) is 0 Å². The van der Waals surface area contributed by atoms with E-state index in [4.69, 9.17) is 14.6 Å². The predicted octanol–water partition coefficient (Wildman–Crippen LogP) is 1.21. The topological polar surface area (TPSA) is 72.8 Å². The molecule has 1 N–H and O–H groups in total. The monoisotopic (exact) mass is 238 g/mol. The van der Waals surface area contributed by atoms with E-state index in [1.54, 1.807) is 12.1 Å². The molecule has 0 aliphatic heterocycles. The van der Waals surface area contributed by atoms with Crippen molar-refractivity contribution < 1.29 is 24.2 Å². The molecule has 0 saturated carbocycles. The first-order valence-electron chi connectivity index (χ1n) is 4.97. The number of carboxylic acid groups (broad SMARTS) is 1. The van der Waals surface area contributed by atoms with Gasteiger partial charge in [-0.2, -0.15) is 0 Å². The molecule has 0 aromatic heterocycles. The molecule has 1 rings (SSSR count). The fourth-order valence-corrected chi connectivity index (χ4v) is 1.53. The molecule has 0 spiro atoms. The number of Topliss-reactive ketones (excluding diaryl/α,β-unsaturated/α-hetero) is 1. The molecule has 0 fully saturated rings. The Morgan fingerprint density at radius 3 is 2.00 bits per heavy atom. The van der Waals surface area contributed by atoms with E-state index < -0.39 is 11.8 Å². The molecule has 0 amide bonds. The normalized spacial score (nSPS) is 9.82. The van der Waals surface area contributed by atoms with Crippen LogP contribution in [0.2, 0.25) is 0 Å². The number of aryl methyl sites for hydroxylation is 1. The standard InChI is InChI=1S/C12H14O5/c1-7-4-10(16-2)8(11(5-7)17-3)6-9(13)12(14)15/h4-5H,6H2,1-3H3,(H,14,15). The third-order valence-corrected chi connectivity index (χ3v) is 2.33. The van der Waals surface area contributed by atoms with E-state index in [-0.39, 0.29) is 6.42 Å². The van der Waals surface area contributed by atoms with Gasteiger partial charge in [0.25, 0.3) is 0 Å². The summed E-state index contributed by atoms with van der Waals surface area (Å²) in [6.07, 6.45) is -0.248. The summed E-state index contributed by atoms with van der Waals surface area (Å²) in [4.78, 5) is 21.8. The van der Waals surface area contributed by atoms with Crippen LogP contribution < -0.4 is 9.47 Å². The van der Waals surface area contributed by atoms with Crippen molar-refractivity contribution in [2.24, 2.45) is 0 Å². The van der Waals surface area contributed by atoms with Crippen molar-refractivity contribution in [2.75, 3.05) is 14.2 Å². The Hall–Kier alpha value is -2.04. The van der Waals surface area contributed by atoms with Gasteiger partial charge in [-0.15, -0.1) is 0 Å². The minimum Gasteiger partial charge on any atom is -0.496 e. The Bertz CT molecular complexity index is 425. The molecule has 0 bridgehead atoms. The number of benzene rings is 1. The number of carboxylic acids is 1. The van der Waals surface area contributed by atoms with Gasteiger partial charge in [0.05, 0.1) is 20.6 Å². The van der Waals surface area contributed by atoms with Gasteiger partial charge >= 0.3 is 5.97 Å². The Balaban J connectivity index is 3.19. The van der Waals surface area contributed by atoms with E-state index in [2.05, 4.69) is 0 Å². The number of aliphatic carboxylic acids is 1. The number of carbonyl (C=O) groups is 2. The quantitative estimate of drug-likeness (QED) is 0.780. The number of hydrogen-bond donors (Lipinski definition) is 1. The largest absolute Gasteiger partial charge is 0.496 e. The minimum atomic E-state index is -1.46. The molecule has 1 aromatic rings. The number of carbonyl (C=O) groups excluding carboxylic acids is 1. The number of ketones is 1. The zero-order valence-corrected chi connectivity index (χ0v) is 9.94. The van der Waals surface area contributed by atoms with E-state index in [0.717, 1.165) is 5.56 Å². The number of hydrogen-bond acceptors (Lipinski definition) is 4. The summed E-state index contributed by atoms with van der Waals surface area (Å²) in [5.41, 5.74) is 1.36. The molecule has 5 nitrogen and oxygen atoms in total. The Labute approximate surface area is 99.0 Å². The van der Waals surface area contributed by atoms with Crippen molar-refractivity contribution >= 4 is 11.8 Å². The average molecular weight is 238 g/mol. The van der Waals surface area contributed by atoms with Crippen LogP contribution in [0.4, 0.5) is 0 Å². The SMILES string of the molecule is COc1cc(C)cc(OC)c1CC(=O)C(=O)O. The van der Waals surface area contributed by atoms with Gasteiger partial charge in [0.15, 0.2) is 0 Å². The first kappa shape index (κ1) is 13.0. The highest BCUT2D eigenvalue weighted by Gasteiger charge is 2.19. The summed E-state index contributed by atoms with van der Waals surface area (Å²) in [6, 6.07) is 3.46. The van der Waals surface area contributed by atoms with Gasteiger partial charge < -0.3 is 14.6 Å². The van der Waals surface area contributed by atoms with Crippen molar-refractivity contribution in [3.63, 3.8) is 0 Å². The summed E-state index contributed by atoms with van der Waals surface area (Å²) in [5.74, 6) is -1.45. The molecule has 17 heavy (non-hydrogen) atoms. The minimum absolute atomic E-state index is 0.248. The second-order valence-corrected chi connectivity index (χ2v) is 3.55. The third kappa shape index (κ3) is 2.96. The zero-order valence-electron chi connectivity index (χ0n) is 9.94. The van der Waals surface area contributed by atoms with E-state index >= 15 is 0 Å². The maximum atomic E-state index is 11.2. The molecule has 5 heteroatoms. The lowest BCUT2D eigenvalue weighted by Crippen LogP contribution is -2.16. The molecule has 0 heterocycles. The molecule has 0 saturated heterocycles. The molecule has 92 valence electrons. The van der Waals surface area contributed by atoms with Gasteiger partial charge in [-0.1, -0.05) is 0 Å². The van der Waals surface area contributed by atoms with E-state index in [1.165, 1.54) is 14.2 Å². The summed E-state index contributed by atoms with van der Waals surface area (Å²) < 4.78 is 10.2. The lowest BCUT2D eigenvalue weighted by atomic mass is 10.0. The lowest BCUT2D eigenvalue weighted by Gasteiger charge is -2.13. The van der Waals surface area contributed by atoms with Gasteiger partial charge in [-0.05, 0) is 24.6 Å².